The highest BCUT2D eigenvalue weighted by atomic mass is 79.9. The number of nitrogens with zero attached hydrogens (tertiary/aromatic N) is 2. The van der Waals surface area contributed by atoms with Gasteiger partial charge in [-0.05, 0) is 41.4 Å². The Morgan fingerprint density at radius 2 is 2.05 bits per heavy atom. The molecule has 0 saturated heterocycles. The summed E-state index contributed by atoms with van der Waals surface area (Å²) in [5.74, 6) is -0.229. The Bertz CT molecular complexity index is 593. The van der Waals surface area contributed by atoms with Gasteiger partial charge in [-0.3, -0.25) is 4.68 Å². The second-order valence-corrected chi connectivity index (χ2v) is 5.38. The van der Waals surface area contributed by atoms with E-state index in [0.29, 0.717) is 11.0 Å². The molecule has 0 aliphatic heterocycles. The average Bonchev–Trinajstić information content (AvgIpc) is 2.61. The van der Waals surface area contributed by atoms with E-state index < -0.39 is 0 Å². The topological polar surface area (TPSA) is 29.9 Å². The second kappa shape index (κ2) is 5.84. The zero-order valence-corrected chi connectivity index (χ0v) is 12.9. The van der Waals surface area contributed by atoms with Gasteiger partial charge in [0.05, 0.1) is 10.2 Å². The third kappa shape index (κ3) is 3.04. The first-order chi connectivity index (χ1) is 9.00. The standard InChI is InChI=1S/C14H17BrFN3/c1-9-12(10(2)19(3)18-9)8-17-7-11-5-4-6-13(16)14(11)15/h4-6,17H,7-8H2,1-3H3. The number of hydrogen-bond donors (Lipinski definition) is 1. The summed E-state index contributed by atoms with van der Waals surface area (Å²) in [6.45, 7) is 5.40. The SMILES string of the molecule is Cc1nn(C)c(C)c1CNCc1cccc(F)c1Br. The van der Waals surface area contributed by atoms with Gasteiger partial charge in [-0.25, -0.2) is 4.39 Å². The van der Waals surface area contributed by atoms with Crippen LogP contribution in [0.25, 0.3) is 0 Å². The van der Waals surface area contributed by atoms with Crippen LogP contribution in [0.3, 0.4) is 0 Å². The molecular formula is C14H17BrFN3. The summed E-state index contributed by atoms with van der Waals surface area (Å²) in [6, 6.07) is 5.07. The Kier molecular flexibility index (Phi) is 4.37. The molecule has 1 N–H and O–H groups in total. The molecule has 19 heavy (non-hydrogen) atoms. The van der Waals surface area contributed by atoms with E-state index in [0.717, 1.165) is 23.5 Å². The summed E-state index contributed by atoms with van der Waals surface area (Å²) in [5, 5.41) is 7.71. The molecule has 0 atom stereocenters. The Morgan fingerprint density at radius 3 is 2.68 bits per heavy atom. The highest BCUT2D eigenvalue weighted by molar-refractivity contribution is 9.10. The molecule has 0 aliphatic rings. The van der Waals surface area contributed by atoms with E-state index in [-0.39, 0.29) is 5.82 Å². The van der Waals surface area contributed by atoms with Crippen LogP contribution < -0.4 is 5.32 Å². The smallest absolute Gasteiger partial charge is 0.137 e. The van der Waals surface area contributed by atoms with Crippen LogP contribution in [0.15, 0.2) is 22.7 Å². The quantitative estimate of drug-likeness (QED) is 0.935. The molecule has 0 unspecified atom stereocenters. The monoisotopic (exact) mass is 325 g/mol. The molecule has 0 saturated carbocycles. The first-order valence-corrected chi connectivity index (χ1v) is 6.92. The Hall–Kier alpha value is -1.20. The fourth-order valence-electron chi connectivity index (χ4n) is 2.08. The van der Waals surface area contributed by atoms with Crippen LogP contribution in [-0.4, -0.2) is 9.78 Å². The van der Waals surface area contributed by atoms with E-state index >= 15 is 0 Å². The van der Waals surface area contributed by atoms with Crippen molar-refractivity contribution in [3.63, 3.8) is 0 Å². The maximum absolute atomic E-state index is 13.4. The van der Waals surface area contributed by atoms with Crippen molar-refractivity contribution < 1.29 is 4.39 Å². The van der Waals surface area contributed by atoms with Crippen molar-refractivity contribution in [2.45, 2.75) is 26.9 Å². The first-order valence-electron chi connectivity index (χ1n) is 6.13. The lowest BCUT2D eigenvalue weighted by Gasteiger charge is -2.08. The molecule has 1 heterocycles. The molecule has 1 aromatic carbocycles. The van der Waals surface area contributed by atoms with Crippen LogP contribution >= 0.6 is 15.9 Å². The number of benzene rings is 1. The fourth-order valence-corrected chi connectivity index (χ4v) is 2.48. The van der Waals surface area contributed by atoms with E-state index in [1.54, 1.807) is 6.07 Å². The molecule has 0 spiro atoms. The Balaban J connectivity index is 2.02. The van der Waals surface area contributed by atoms with Gasteiger partial charge in [0.1, 0.15) is 5.82 Å². The van der Waals surface area contributed by atoms with Gasteiger partial charge in [0, 0.05) is 31.4 Å². The molecule has 5 heteroatoms. The zero-order chi connectivity index (χ0) is 14.0. The van der Waals surface area contributed by atoms with Gasteiger partial charge in [0.25, 0.3) is 0 Å². The molecule has 102 valence electrons. The maximum atomic E-state index is 13.4. The number of rotatable bonds is 4. The number of aromatic nitrogens is 2. The summed E-state index contributed by atoms with van der Waals surface area (Å²) in [7, 11) is 1.94. The van der Waals surface area contributed by atoms with Gasteiger partial charge in [0.2, 0.25) is 0 Å². The molecule has 0 aliphatic carbocycles. The van der Waals surface area contributed by atoms with E-state index in [2.05, 4.69) is 33.3 Å². The number of aryl methyl sites for hydroxylation is 2. The van der Waals surface area contributed by atoms with Crippen molar-refractivity contribution in [2.75, 3.05) is 0 Å². The van der Waals surface area contributed by atoms with Gasteiger partial charge in [-0.15, -0.1) is 0 Å². The predicted molar refractivity (Wildman–Crippen MR) is 77.3 cm³/mol. The van der Waals surface area contributed by atoms with Gasteiger partial charge in [-0.1, -0.05) is 12.1 Å². The van der Waals surface area contributed by atoms with Crippen molar-refractivity contribution in [3.05, 3.63) is 51.0 Å². The van der Waals surface area contributed by atoms with Gasteiger partial charge >= 0.3 is 0 Å². The van der Waals surface area contributed by atoms with Gasteiger partial charge in [0.15, 0.2) is 0 Å². The third-order valence-corrected chi connectivity index (χ3v) is 4.20. The Morgan fingerprint density at radius 1 is 1.32 bits per heavy atom. The van der Waals surface area contributed by atoms with Crippen LogP contribution in [0.1, 0.15) is 22.5 Å². The molecule has 3 nitrogen and oxygen atoms in total. The summed E-state index contributed by atoms with van der Waals surface area (Å²) < 4.78 is 15.8. The van der Waals surface area contributed by atoms with Crippen LogP contribution in [0.5, 0.6) is 0 Å². The normalized spacial score (nSPS) is 11.0. The van der Waals surface area contributed by atoms with E-state index in [9.17, 15) is 4.39 Å². The minimum Gasteiger partial charge on any atom is -0.308 e. The van der Waals surface area contributed by atoms with E-state index in [4.69, 9.17) is 0 Å². The minimum atomic E-state index is -0.229. The summed E-state index contributed by atoms with van der Waals surface area (Å²) in [4.78, 5) is 0. The highest BCUT2D eigenvalue weighted by Crippen LogP contribution is 2.20. The predicted octanol–water partition coefficient (Wildman–Crippen LogP) is 3.23. The fraction of sp³-hybridized carbons (Fsp3) is 0.357. The lowest BCUT2D eigenvalue weighted by atomic mass is 10.2. The lowest BCUT2D eigenvalue weighted by molar-refractivity contribution is 0.611. The maximum Gasteiger partial charge on any atom is 0.137 e. The van der Waals surface area contributed by atoms with Crippen molar-refractivity contribution in [3.8, 4) is 0 Å². The molecule has 0 radical (unpaired) electrons. The van der Waals surface area contributed by atoms with Crippen LogP contribution in [0.2, 0.25) is 0 Å². The lowest BCUT2D eigenvalue weighted by Crippen LogP contribution is -2.14. The van der Waals surface area contributed by atoms with Crippen molar-refractivity contribution in [2.24, 2.45) is 7.05 Å². The van der Waals surface area contributed by atoms with E-state index in [1.807, 2.05) is 24.7 Å². The molecular weight excluding hydrogens is 309 g/mol. The van der Waals surface area contributed by atoms with Crippen LogP contribution in [0.4, 0.5) is 4.39 Å². The molecule has 0 fully saturated rings. The molecule has 1 aromatic heterocycles. The molecule has 2 aromatic rings. The minimum absolute atomic E-state index is 0.229. The van der Waals surface area contributed by atoms with Crippen LogP contribution in [-0.2, 0) is 20.1 Å². The summed E-state index contributed by atoms with van der Waals surface area (Å²) in [6.07, 6.45) is 0. The number of nitrogens with one attached hydrogen (secondary N) is 1. The second-order valence-electron chi connectivity index (χ2n) is 4.59. The molecule has 0 bridgehead atoms. The van der Waals surface area contributed by atoms with E-state index in [1.165, 1.54) is 11.6 Å². The third-order valence-electron chi connectivity index (χ3n) is 3.31. The summed E-state index contributed by atoms with van der Waals surface area (Å²) >= 11 is 3.27. The Labute approximate surface area is 121 Å². The number of hydrogen-bond acceptors (Lipinski definition) is 2. The van der Waals surface area contributed by atoms with Gasteiger partial charge < -0.3 is 5.32 Å². The molecule has 2 rings (SSSR count). The van der Waals surface area contributed by atoms with Crippen molar-refractivity contribution >= 4 is 15.9 Å². The highest BCUT2D eigenvalue weighted by Gasteiger charge is 2.09. The molecule has 0 amide bonds. The van der Waals surface area contributed by atoms with Crippen LogP contribution in [0, 0.1) is 19.7 Å². The zero-order valence-electron chi connectivity index (χ0n) is 11.3. The van der Waals surface area contributed by atoms with Crippen molar-refractivity contribution in [1.82, 2.24) is 15.1 Å². The van der Waals surface area contributed by atoms with Gasteiger partial charge in [-0.2, -0.15) is 5.10 Å². The largest absolute Gasteiger partial charge is 0.308 e. The average molecular weight is 326 g/mol. The number of halogens is 2. The first kappa shape index (κ1) is 14.2. The summed E-state index contributed by atoms with van der Waals surface area (Å²) in [5.41, 5.74) is 4.31. The van der Waals surface area contributed by atoms with Crippen molar-refractivity contribution in [1.29, 1.82) is 0 Å².